The largest absolute Gasteiger partial charge is 0.336 e. The molecular formula is C19H12BrF2N. The van der Waals surface area contributed by atoms with Gasteiger partial charge in [0, 0.05) is 32.8 Å². The second-order valence-electron chi connectivity index (χ2n) is 5.51. The summed E-state index contributed by atoms with van der Waals surface area (Å²) in [6.07, 6.45) is 0. The van der Waals surface area contributed by atoms with Crippen molar-refractivity contribution in [1.29, 1.82) is 0 Å². The van der Waals surface area contributed by atoms with E-state index >= 15 is 0 Å². The smallest absolute Gasteiger partial charge is 0.159 e. The third-order valence-electron chi connectivity index (χ3n) is 4.06. The fourth-order valence-corrected chi connectivity index (χ4v) is 3.38. The Hall–Kier alpha value is -2.20. The molecule has 0 aliphatic heterocycles. The van der Waals surface area contributed by atoms with Crippen LogP contribution < -0.4 is 0 Å². The Kier molecular flexibility index (Phi) is 3.42. The van der Waals surface area contributed by atoms with Crippen LogP contribution in [0.5, 0.6) is 0 Å². The summed E-state index contributed by atoms with van der Waals surface area (Å²) in [5.41, 5.74) is 2.87. The van der Waals surface area contributed by atoms with E-state index in [1.807, 2.05) is 30.3 Å². The summed E-state index contributed by atoms with van der Waals surface area (Å²) in [7, 11) is 0. The Labute approximate surface area is 140 Å². The van der Waals surface area contributed by atoms with Crippen molar-refractivity contribution in [2.75, 3.05) is 0 Å². The third-order valence-corrected chi connectivity index (χ3v) is 4.55. The first kappa shape index (κ1) is 14.4. The van der Waals surface area contributed by atoms with E-state index in [4.69, 9.17) is 0 Å². The summed E-state index contributed by atoms with van der Waals surface area (Å²) in [5.74, 6) is -1.63. The standard InChI is InChI=1S/C19H12BrF2N/c20-13-6-8-19-15(10-13)14-3-1-2-4-18(14)23(19)11-12-5-7-16(21)17(22)9-12/h1-10H,11H2. The van der Waals surface area contributed by atoms with Gasteiger partial charge in [0.2, 0.25) is 0 Å². The first-order chi connectivity index (χ1) is 11.1. The average Bonchev–Trinajstić information content (AvgIpc) is 2.85. The van der Waals surface area contributed by atoms with Crippen LogP contribution in [0.1, 0.15) is 5.56 Å². The van der Waals surface area contributed by atoms with Crippen LogP contribution in [0.4, 0.5) is 8.78 Å². The second kappa shape index (κ2) is 5.46. The molecule has 0 amide bonds. The molecule has 1 nitrogen and oxygen atoms in total. The van der Waals surface area contributed by atoms with E-state index in [1.165, 1.54) is 12.1 Å². The SMILES string of the molecule is Fc1ccc(Cn2c3ccccc3c3cc(Br)ccc32)cc1F. The molecule has 1 aromatic heterocycles. The van der Waals surface area contributed by atoms with Gasteiger partial charge in [-0.15, -0.1) is 0 Å². The van der Waals surface area contributed by atoms with Gasteiger partial charge in [0.25, 0.3) is 0 Å². The van der Waals surface area contributed by atoms with Crippen LogP contribution in [-0.2, 0) is 6.54 Å². The molecule has 1 heterocycles. The van der Waals surface area contributed by atoms with Gasteiger partial charge in [0.05, 0.1) is 0 Å². The molecule has 0 bridgehead atoms. The molecule has 0 unspecified atom stereocenters. The maximum Gasteiger partial charge on any atom is 0.159 e. The Morgan fingerprint density at radius 3 is 2.39 bits per heavy atom. The summed E-state index contributed by atoms with van der Waals surface area (Å²) in [4.78, 5) is 0. The second-order valence-corrected chi connectivity index (χ2v) is 6.43. The molecule has 0 radical (unpaired) electrons. The van der Waals surface area contributed by atoms with Crippen LogP contribution in [0.3, 0.4) is 0 Å². The van der Waals surface area contributed by atoms with Crippen LogP contribution in [0.2, 0.25) is 0 Å². The van der Waals surface area contributed by atoms with E-state index in [2.05, 4.69) is 32.6 Å². The molecule has 0 saturated carbocycles. The minimum atomic E-state index is -0.820. The molecule has 0 aliphatic rings. The van der Waals surface area contributed by atoms with Gasteiger partial charge in [0.1, 0.15) is 0 Å². The van der Waals surface area contributed by atoms with E-state index in [0.29, 0.717) is 6.54 Å². The zero-order valence-corrected chi connectivity index (χ0v) is 13.6. The lowest BCUT2D eigenvalue weighted by Gasteiger charge is -2.08. The zero-order chi connectivity index (χ0) is 16.0. The Morgan fingerprint density at radius 2 is 1.57 bits per heavy atom. The Bertz CT molecular complexity index is 1040. The fraction of sp³-hybridized carbons (Fsp3) is 0.0526. The Balaban J connectivity index is 1.95. The molecule has 4 heteroatoms. The van der Waals surface area contributed by atoms with Crippen molar-refractivity contribution >= 4 is 37.7 Å². The highest BCUT2D eigenvalue weighted by atomic mass is 79.9. The van der Waals surface area contributed by atoms with Crippen molar-refractivity contribution in [3.05, 3.63) is 82.3 Å². The summed E-state index contributed by atoms with van der Waals surface area (Å²) < 4.78 is 29.8. The van der Waals surface area contributed by atoms with Gasteiger partial charge in [-0.1, -0.05) is 40.2 Å². The van der Waals surface area contributed by atoms with Crippen LogP contribution in [0, 0.1) is 11.6 Å². The van der Waals surface area contributed by atoms with Crippen molar-refractivity contribution in [1.82, 2.24) is 4.57 Å². The maximum absolute atomic E-state index is 13.5. The molecule has 114 valence electrons. The quantitative estimate of drug-likeness (QED) is 0.414. The molecular weight excluding hydrogens is 360 g/mol. The monoisotopic (exact) mass is 371 g/mol. The van der Waals surface area contributed by atoms with Gasteiger partial charge >= 0.3 is 0 Å². The van der Waals surface area contributed by atoms with Crippen molar-refractivity contribution in [2.24, 2.45) is 0 Å². The number of nitrogens with zero attached hydrogens (tertiary/aromatic N) is 1. The minimum absolute atomic E-state index is 0.489. The van der Waals surface area contributed by atoms with E-state index in [9.17, 15) is 8.78 Å². The summed E-state index contributed by atoms with van der Waals surface area (Å²) in [6, 6.07) is 18.3. The number of aromatic nitrogens is 1. The van der Waals surface area contributed by atoms with E-state index in [0.717, 1.165) is 31.8 Å². The van der Waals surface area contributed by atoms with E-state index in [1.54, 1.807) is 6.07 Å². The highest BCUT2D eigenvalue weighted by Gasteiger charge is 2.11. The van der Waals surface area contributed by atoms with Crippen molar-refractivity contribution in [3.63, 3.8) is 0 Å². The molecule has 0 atom stereocenters. The third kappa shape index (κ3) is 2.43. The first-order valence-corrected chi connectivity index (χ1v) is 8.03. The highest BCUT2D eigenvalue weighted by molar-refractivity contribution is 9.10. The summed E-state index contributed by atoms with van der Waals surface area (Å²) in [6.45, 7) is 0.489. The van der Waals surface area contributed by atoms with Gasteiger partial charge in [-0.3, -0.25) is 0 Å². The molecule has 0 fully saturated rings. The van der Waals surface area contributed by atoms with Crippen molar-refractivity contribution in [2.45, 2.75) is 6.54 Å². The number of para-hydroxylation sites is 1. The lowest BCUT2D eigenvalue weighted by Crippen LogP contribution is -2.00. The lowest BCUT2D eigenvalue weighted by molar-refractivity contribution is 0.506. The van der Waals surface area contributed by atoms with Crippen LogP contribution in [-0.4, -0.2) is 4.57 Å². The Morgan fingerprint density at radius 1 is 0.783 bits per heavy atom. The van der Waals surface area contributed by atoms with Crippen molar-refractivity contribution < 1.29 is 8.78 Å². The molecule has 3 aromatic carbocycles. The molecule has 0 saturated heterocycles. The molecule has 4 rings (SSSR count). The average molecular weight is 372 g/mol. The van der Waals surface area contributed by atoms with Gasteiger partial charge in [-0.25, -0.2) is 8.78 Å². The van der Waals surface area contributed by atoms with Gasteiger partial charge in [-0.05, 0) is 42.0 Å². The summed E-state index contributed by atoms with van der Waals surface area (Å²) >= 11 is 3.51. The zero-order valence-electron chi connectivity index (χ0n) is 12.1. The molecule has 0 spiro atoms. The van der Waals surface area contributed by atoms with E-state index in [-0.39, 0.29) is 0 Å². The normalized spacial score (nSPS) is 11.4. The highest BCUT2D eigenvalue weighted by Crippen LogP contribution is 2.31. The first-order valence-electron chi connectivity index (χ1n) is 7.24. The van der Waals surface area contributed by atoms with Crippen LogP contribution in [0.15, 0.2) is 65.1 Å². The van der Waals surface area contributed by atoms with Crippen LogP contribution in [0.25, 0.3) is 21.8 Å². The van der Waals surface area contributed by atoms with Gasteiger partial charge in [-0.2, -0.15) is 0 Å². The number of fused-ring (bicyclic) bond motifs is 3. The number of hydrogen-bond acceptors (Lipinski definition) is 0. The van der Waals surface area contributed by atoms with Crippen molar-refractivity contribution in [3.8, 4) is 0 Å². The fourth-order valence-electron chi connectivity index (χ4n) is 3.02. The van der Waals surface area contributed by atoms with Crippen LogP contribution >= 0.6 is 15.9 Å². The number of hydrogen-bond donors (Lipinski definition) is 0. The van der Waals surface area contributed by atoms with Gasteiger partial charge in [0.15, 0.2) is 11.6 Å². The number of benzene rings is 3. The number of rotatable bonds is 2. The maximum atomic E-state index is 13.5. The lowest BCUT2D eigenvalue weighted by atomic mass is 10.2. The predicted molar refractivity (Wildman–Crippen MR) is 92.6 cm³/mol. The molecule has 0 aliphatic carbocycles. The van der Waals surface area contributed by atoms with Gasteiger partial charge < -0.3 is 4.57 Å². The minimum Gasteiger partial charge on any atom is -0.336 e. The molecule has 4 aromatic rings. The summed E-state index contributed by atoms with van der Waals surface area (Å²) in [5, 5.41) is 2.28. The predicted octanol–water partition coefficient (Wildman–Crippen LogP) is 5.88. The topological polar surface area (TPSA) is 4.93 Å². The van der Waals surface area contributed by atoms with E-state index < -0.39 is 11.6 Å². The number of halogens is 3. The molecule has 0 N–H and O–H groups in total. The molecule has 23 heavy (non-hydrogen) atoms.